The number of nitrogens with zero attached hydrogens (tertiary/aromatic N) is 5. The highest BCUT2D eigenvalue weighted by Gasteiger charge is 2.13. The Morgan fingerprint density at radius 1 is 1.13 bits per heavy atom. The van der Waals surface area contributed by atoms with Crippen LogP contribution in [-0.4, -0.2) is 36.4 Å². The highest BCUT2D eigenvalue weighted by molar-refractivity contribution is 7.99. The van der Waals surface area contributed by atoms with Crippen molar-refractivity contribution in [1.29, 1.82) is 0 Å². The van der Waals surface area contributed by atoms with Crippen LogP contribution in [0.3, 0.4) is 0 Å². The van der Waals surface area contributed by atoms with Gasteiger partial charge in [-0.15, -0.1) is 10.2 Å². The summed E-state index contributed by atoms with van der Waals surface area (Å²) in [5, 5.41) is 27.3. The Bertz CT molecular complexity index is 1260. The van der Waals surface area contributed by atoms with Crippen LogP contribution in [0, 0.1) is 10.1 Å². The van der Waals surface area contributed by atoms with Crippen LogP contribution >= 0.6 is 23.4 Å². The molecule has 11 heteroatoms. The molecular formula is C19H13ClN6O3S. The molecule has 4 rings (SSSR count). The molecule has 4 aromatic rings. The highest BCUT2D eigenvalue weighted by Crippen LogP contribution is 2.24. The number of amides is 1. The van der Waals surface area contributed by atoms with E-state index < -0.39 is 4.92 Å². The van der Waals surface area contributed by atoms with Crippen molar-refractivity contribution in [3.05, 3.63) is 75.8 Å². The van der Waals surface area contributed by atoms with Crippen molar-refractivity contribution in [2.24, 2.45) is 0 Å². The van der Waals surface area contributed by atoms with E-state index in [-0.39, 0.29) is 17.3 Å². The van der Waals surface area contributed by atoms with Crippen molar-refractivity contribution in [2.75, 3.05) is 11.1 Å². The number of carbonyl (C=O) groups is 1. The minimum atomic E-state index is -0.458. The number of nitro groups is 1. The van der Waals surface area contributed by atoms with Gasteiger partial charge in [-0.3, -0.25) is 14.9 Å². The van der Waals surface area contributed by atoms with Crippen LogP contribution < -0.4 is 5.32 Å². The second-order valence-electron chi connectivity index (χ2n) is 6.13. The van der Waals surface area contributed by atoms with E-state index in [1.165, 1.54) is 28.4 Å². The number of hydrogen-bond donors (Lipinski definition) is 1. The summed E-state index contributed by atoms with van der Waals surface area (Å²) in [5.74, 6) is -0.135. The predicted molar refractivity (Wildman–Crippen MR) is 114 cm³/mol. The molecule has 0 aliphatic heterocycles. The van der Waals surface area contributed by atoms with Gasteiger partial charge in [-0.05, 0) is 30.3 Å². The number of fused-ring (bicyclic) bond motifs is 1. The van der Waals surface area contributed by atoms with Gasteiger partial charge in [0.15, 0.2) is 5.65 Å². The molecule has 0 radical (unpaired) electrons. The van der Waals surface area contributed by atoms with E-state index in [1.54, 1.807) is 48.5 Å². The summed E-state index contributed by atoms with van der Waals surface area (Å²) in [6, 6.07) is 16.5. The lowest BCUT2D eigenvalue weighted by molar-refractivity contribution is -0.384. The van der Waals surface area contributed by atoms with Gasteiger partial charge in [0.1, 0.15) is 0 Å². The number of anilines is 1. The van der Waals surface area contributed by atoms with Crippen LogP contribution in [-0.2, 0) is 4.79 Å². The van der Waals surface area contributed by atoms with Crippen LogP contribution in [0.15, 0.2) is 65.8 Å². The fraction of sp³-hybridized carbons (Fsp3) is 0.0526. The summed E-state index contributed by atoms with van der Waals surface area (Å²) in [6.07, 6.45) is 0. The topological polar surface area (TPSA) is 115 Å². The smallest absolute Gasteiger partial charge is 0.270 e. The molecule has 1 N–H and O–H groups in total. The SMILES string of the molecule is O=C(CSc1nnc2ccc(-c3cccc([N+](=O)[O-])c3)nn12)Nc1cccc(Cl)c1. The van der Waals surface area contributed by atoms with E-state index in [9.17, 15) is 14.9 Å². The van der Waals surface area contributed by atoms with Gasteiger partial charge in [-0.1, -0.05) is 41.6 Å². The van der Waals surface area contributed by atoms with Crippen LogP contribution in [0.5, 0.6) is 0 Å². The number of nitrogens with one attached hydrogen (secondary N) is 1. The molecule has 150 valence electrons. The fourth-order valence-electron chi connectivity index (χ4n) is 2.69. The zero-order valence-corrected chi connectivity index (χ0v) is 16.8. The van der Waals surface area contributed by atoms with Crippen molar-refractivity contribution in [1.82, 2.24) is 19.8 Å². The standard InChI is InChI=1S/C19H13ClN6O3S/c20-13-4-2-5-14(10-13)21-18(27)11-30-19-23-22-17-8-7-16(24-25(17)19)12-3-1-6-15(9-12)26(28)29/h1-10H,11H2,(H,21,27). The zero-order valence-electron chi connectivity index (χ0n) is 15.2. The normalized spacial score (nSPS) is 10.8. The summed E-state index contributed by atoms with van der Waals surface area (Å²) in [5.41, 5.74) is 2.20. The lowest BCUT2D eigenvalue weighted by atomic mass is 10.1. The highest BCUT2D eigenvalue weighted by atomic mass is 35.5. The molecule has 0 atom stereocenters. The molecule has 1 amide bonds. The molecular weight excluding hydrogens is 428 g/mol. The Balaban J connectivity index is 1.52. The Hall–Kier alpha value is -3.50. The molecule has 0 aliphatic carbocycles. The van der Waals surface area contributed by atoms with Gasteiger partial charge < -0.3 is 5.32 Å². The third kappa shape index (κ3) is 4.39. The monoisotopic (exact) mass is 440 g/mol. The number of hydrogen-bond acceptors (Lipinski definition) is 7. The summed E-state index contributed by atoms with van der Waals surface area (Å²) < 4.78 is 1.51. The minimum Gasteiger partial charge on any atom is -0.325 e. The van der Waals surface area contributed by atoms with Crippen LogP contribution in [0.2, 0.25) is 5.02 Å². The number of rotatable bonds is 6. The molecule has 0 spiro atoms. The predicted octanol–water partition coefficient (Wildman–Crippen LogP) is 4.08. The van der Waals surface area contributed by atoms with Gasteiger partial charge in [0.05, 0.1) is 16.4 Å². The van der Waals surface area contributed by atoms with Crippen LogP contribution in [0.1, 0.15) is 0 Å². The Kier molecular flexibility index (Phi) is 5.59. The first-order valence-corrected chi connectivity index (χ1v) is 10.0. The maximum Gasteiger partial charge on any atom is 0.270 e. The van der Waals surface area contributed by atoms with Gasteiger partial charge in [0, 0.05) is 28.4 Å². The zero-order chi connectivity index (χ0) is 21.1. The van der Waals surface area contributed by atoms with Gasteiger partial charge in [0.2, 0.25) is 11.1 Å². The van der Waals surface area contributed by atoms with Crippen molar-refractivity contribution in [3.63, 3.8) is 0 Å². The van der Waals surface area contributed by atoms with E-state index in [4.69, 9.17) is 11.6 Å². The Labute approximate surface area is 179 Å². The van der Waals surface area contributed by atoms with E-state index in [0.29, 0.717) is 32.8 Å². The molecule has 30 heavy (non-hydrogen) atoms. The van der Waals surface area contributed by atoms with E-state index in [1.807, 2.05) is 0 Å². The maximum atomic E-state index is 12.2. The summed E-state index contributed by atoms with van der Waals surface area (Å²) >= 11 is 7.09. The first-order valence-electron chi connectivity index (χ1n) is 8.65. The van der Waals surface area contributed by atoms with Crippen molar-refractivity contribution >= 4 is 46.3 Å². The number of benzene rings is 2. The van der Waals surface area contributed by atoms with Crippen LogP contribution in [0.25, 0.3) is 16.9 Å². The third-order valence-corrected chi connectivity index (χ3v) is 5.18. The number of halogens is 1. The number of aromatic nitrogens is 4. The van der Waals surface area contributed by atoms with Gasteiger partial charge in [-0.25, -0.2) is 0 Å². The second kappa shape index (κ2) is 8.47. The minimum absolute atomic E-state index is 0.0227. The summed E-state index contributed by atoms with van der Waals surface area (Å²) in [7, 11) is 0. The summed E-state index contributed by atoms with van der Waals surface area (Å²) in [4.78, 5) is 22.8. The third-order valence-electron chi connectivity index (χ3n) is 4.03. The summed E-state index contributed by atoms with van der Waals surface area (Å²) in [6.45, 7) is 0. The first kappa shape index (κ1) is 19.8. The van der Waals surface area contributed by atoms with E-state index in [0.717, 1.165) is 0 Å². The first-order chi connectivity index (χ1) is 14.5. The molecule has 9 nitrogen and oxygen atoms in total. The Morgan fingerprint density at radius 2 is 1.97 bits per heavy atom. The molecule has 2 aromatic heterocycles. The molecule has 0 unspecified atom stereocenters. The average Bonchev–Trinajstić information content (AvgIpc) is 3.14. The maximum absolute atomic E-state index is 12.2. The number of thioether (sulfide) groups is 1. The Morgan fingerprint density at radius 3 is 2.77 bits per heavy atom. The van der Waals surface area contributed by atoms with Crippen molar-refractivity contribution < 1.29 is 9.72 Å². The number of non-ortho nitro benzene ring substituents is 1. The lowest BCUT2D eigenvalue weighted by Gasteiger charge is -2.05. The number of carbonyl (C=O) groups excluding carboxylic acids is 1. The fourth-order valence-corrected chi connectivity index (χ4v) is 3.56. The van der Waals surface area contributed by atoms with Gasteiger partial charge in [-0.2, -0.15) is 9.61 Å². The van der Waals surface area contributed by atoms with E-state index >= 15 is 0 Å². The van der Waals surface area contributed by atoms with Crippen molar-refractivity contribution in [2.45, 2.75) is 5.16 Å². The molecule has 0 saturated carbocycles. The van der Waals surface area contributed by atoms with Crippen LogP contribution in [0.4, 0.5) is 11.4 Å². The lowest BCUT2D eigenvalue weighted by Crippen LogP contribution is -2.14. The van der Waals surface area contributed by atoms with Gasteiger partial charge >= 0.3 is 0 Å². The van der Waals surface area contributed by atoms with E-state index in [2.05, 4.69) is 20.6 Å². The molecule has 0 bridgehead atoms. The van der Waals surface area contributed by atoms with Crippen molar-refractivity contribution in [3.8, 4) is 11.3 Å². The number of nitro benzene ring substituents is 1. The molecule has 0 aliphatic rings. The molecule has 0 saturated heterocycles. The quantitative estimate of drug-likeness (QED) is 0.273. The average molecular weight is 441 g/mol. The molecule has 2 aromatic carbocycles. The second-order valence-corrected chi connectivity index (χ2v) is 7.50. The van der Waals surface area contributed by atoms with Gasteiger partial charge in [0.25, 0.3) is 5.69 Å². The molecule has 0 fully saturated rings. The molecule has 2 heterocycles. The largest absolute Gasteiger partial charge is 0.325 e.